The van der Waals surface area contributed by atoms with Crippen LogP contribution in [0.5, 0.6) is 0 Å². The molecular formula is C14H24BrN3O. The van der Waals surface area contributed by atoms with Crippen LogP contribution < -0.4 is 5.32 Å². The van der Waals surface area contributed by atoms with Crippen LogP contribution in [-0.2, 0) is 5.41 Å². The van der Waals surface area contributed by atoms with Crippen LogP contribution in [0.3, 0.4) is 0 Å². The van der Waals surface area contributed by atoms with Gasteiger partial charge in [0.2, 0.25) is 0 Å². The third-order valence-electron chi connectivity index (χ3n) is 3.28. The number of nitrogens with zero attached hydrogens (tertiary/aromatic N) is 2. The summed E-state index contributed by atoms with van der Waals surface area (Å²) in [5.74, 6) is 1.52. The van der Waals surface area contributed by atoms with Gasteiger partial charge in [-0.1, -0.05) is 34.6 Å². The summed E-state index contributed by atoms with van der Waals surface area (Å²) in [5.41, 5.74) is -0.786. The molecule has 0 amide bonds. The highest BCUT2D eigenvalue weighted by atomic mass is 79.9. The van der Waals surface area contributed by atoms with Crippen LogP contribution in [0.4, 0.5) is 5.82 Å². The Morgan fingerprint density at radius 1 is 1.21 bits per heavy atom. The van der Waals surface area contributed by atoms with E-state index in [4.69, 9.17) is 0 Å². The summed E-state index contributed by atoms with van der Waals surface area (Å²) in [6.45, 7) is 10.7. The van der Waals surface area contributed by atoms with Gasteiger partial charge in [-0.15, -0.1) is 0 Å². The molecule has 0 saturated heterocycles. The highest BCUT2D eigenvalue weighted by Gasteiger charge is 2.23. The molecule has 0 aliphatic carbocycles. The lowest BCUT2D eigenvalue weighted by Crippen LogP contribution is -2.35. The van der Waals surface area contributed by atoms with Gasteiger partial charge in [0.15, 0.2) is 0 Å². The van der Waals surface area contributed by atoms with E-state index >= 15 is 0 Å². The molecule has 0 atom stereocenters. The molecule has 1 heterocycles. The van der Waals surface area contributed by atoms with E-state index in [1.54, 1.807) is 0 Å². The monoisotopic (exact) mass is 329 g/mol. The van der Waals surface area contributed by atoms with Gasteiger partial charge in [0, 0.05) is 18.0 Å². The SMILES string of the molecule is CCC(O)(CC)CNc1cc(Br)nc(C(C)(C)C)n1. The first-order valence-electron chi connectivity index (χ1n) is 6.71. The Bertz CT molecular complexity index is 425. The first-order valence-corrected chi connectivity index (χ1v) is 7.51. The van der Waals surface area contributed by atoms with E-state index in [0.717, 1.165) is 29.1 Å². The van der Waals surface area contributed by atoms with Crippen LogP contribution in [0.2, 0.25) is 0 Å². The van der Waals surface area contributed by atoms with Crippen LogP contribution in [0, 0.1) is 0 Å². The second-order valence-corrected chi connectivity index (χ2v) is 6.75. The van der Waals surface area contributed by atoms with Crippen molar-refractivity contribution >= 4 is 21.7 Å². The molecule has 108 valence electrons. The zero-order chi connectivity index (χ0) is 14.7. The molecule has 1 aromatic rings. The molecule has 5 heteroatoms. The van der Waals surface area contributed by atoms with Crippen LogP contribution in [0.15, 0.2) is 10.7 Å². The predicted octanol–water partition coefficient (Wildman–Crippen LogP) is 3.50. The van der Waals surface area contributed by atoms with Crippen LogP contribution in [-0.4, -0.2) is 27.2 Å². The number of hydrogen-bond donors (Lipinski definition) is 2. The zero-order valence-corrected chi connectivity index (χ0v) is 14.0. The maximum absolute atomic E-state index is 10.3. The second-order valence-electron chi connectivity index (χ2n) is 5.93. The Kier molecular flexibility index (Phi) is 5.33. The number of nitrogens with one attached hydrogen (secondary N) is 1. The fourth-order valence-corrected chi connectivity index (χ4v) is 1.98. The van der Waals surface area contributed by atoms with Gasteiger partial charge in [-0.05, 0) is 28.8 Å². The minimum absolute atomic E-state index is 0.105. The maximum Gasteiger partial charge on any atom is 0.137 e. The molecule has 0 fully saturated rings. The summed E-state index contributed by atoms with van der Waals surface area (Å²) in [6, 6.07) is 1.83. The highest BCUT2D eigenvalue weighted by molar-refractivity contribution is 9.10. The quantitative estimate of drug-likeness (QED) is 0.812. The average Bonchev–Trinajstić information content (AvgIpc) is 2.34. The van der Waals surface area contributed by atoms with Crippen molar-refractivity contribution in [1.82, 2.24) is 9.97 Å². The van der Waals surface area contributed by atoms with E-state index in [2.05, 4.69) is 52.0 Å². The van der Waals surface area contributed by atoms with Gasteiger partial charge in [-0.25, -0.2) is 9.97 Å². The lowest BCUT2D eigenvalue weighted by molar-refractivity contribution is 0.0456. The number of halogens is 1. The second kappa shape index (κ2) is 6.18. The van der Waals surface area contributed by atoms with E-state index in [1.807, 2.05) is 19.9 Å². The molecule has 0 unspecified atom stereocenters. The summed E-state index contributed by atoms with van der Waals surface area (Å²) in [4.78, 5) is 8.91. The van der Waals surface area contributed by atoms with E-state index < -0.39 is 5.60 Å². The number of hydrogen-bond acceptors (Lipinski definition) is 4. The molecular weight excluding hydrogens is 306 g/mol. The Morgan fingerprint density at radius 2 is 1.79 bits per heavy atom. The molecule has 0 aliphatic heterocycles. The van der Waals surface area contributed by atoms with E-state index in [-0.39, 0.29) is 5.41 Å². The smallest absolute Gasteiger partial charge is 0.137 e. The predicted molar refractivity (Wildman–Crippen MR) is 82.5 cm³/mol. The largest absolute Gasteiger partial charge is 0.388 e. The van der Waals surface area contributed by atoms with Gasteiger partial charge < -0.3 is 10.4 Å². The van der Waals surface area contributed by atoms with E-state index in [1.165, 1.54) is 0 Å². The topological polar surface area (TPSA) is 58.0 Å². The summed E-state index contributed by atoms with van der Waals surface area (Å²) < 4.78 is 0.756. The Hall–Kier alpha value is -0.680. The fourth-order valence-electron chi connectivity index (χ4n) is 1.60. The third-order valence-corrected chi connectivity index (χ3v) is 3.69. The van der Waals surface area contributed by atoms with Crippen molar-refractivity contribution < 1.29 is 5.11 Å². The molecule has 0 aliphatic rings. The first kappa shape index (κ1) is 16.4. The van der Waals surface area contributed by atoms with Gasteiger partial charge in [0.05, 0.1) is 5.60 Å². The van der Waals surface area contributed by atoms with E-state index in [0.29, 0.717) is 6.54 Å². The molecule has 0 bridgehead atoms. The van der Waals surface area contributed by atoms with Crippen molar-refractivity contribution in [3.8, 4) is 0 Å². The van der Waals surface area contributed by atoms with Crippen molar-refractivity contribution in [1.29, 1.82) is 0 Å². The molecule has 0 aromatic carbocycles. The number of anilines is 1. The molecule has 19 heavy (non-hydrogen) atoms. The maximum atomic E-state index is 10.3. The summed E-state index contributed by atoms with van der Waals surface area (Å²) in [6.07, 6.45) is 1.43. The molecule has 4 nitrogen and oxygen atoms in total. The molecule has 2 N–H and O–H groups in total. The van der Waals surface area contributed by atoms with Crippen molar-refractivity contribution in [3.05, 3.63) is 16.5 Å². The van der Waals surface area contributed by atoms with E-state index in [9.17, 15) is 5.11 Å². The molecule has 0 radical (unpaired) electrons. The van der Waals surface area contributed by atoms with Crippen LogP contribution in [0.1, 0.15) is 53.3 Å². The summed E-state index contributed by atoms with van der Waals surface area (Å²) in [5, 5.41) is 13.5. The zero-order valence-electron chi connectivity index (χ0n) is 12.4. The van der Waals surface area contributed by atoms with Gasteiger partial charge in [-0.2, -0.15) is 0 Å². The molecule has 1 rings (SSSR count). The number of aliphatic hydroxyl groups is 1. The number of rotatable bonds is 5. The third kappa shape index (κ3) is 4.73. The molecule has 0 spiro atoms. The van der Waals surface area contributed by atoms with Crippen molar-refractivity contribution in [3.63, 3.8) is 0 Å². The van der Waals surface area contributed by atoms with Gasteiger partial charge >= 0.3 is 0 Å². The van der Waals surface area contributed by atoms with Crippen molar-refractivity contribution in [2.45, 2.75) is 58.5 Å². The minimum atomic E-state index is -0.681. The lowest BCUT2D eigenvalue weighted by Gasteiger charge is -2.26. The summed E-state index contributed by atoms with van der Waals surface area (Å²) in [7, 11) is 0. The van der Waals surface area contributed by atoms with Gasteiger partial charge in [-0.3, -0.25) is 0 Å². The number of aromatic nitrogens is 2. The van der Waals surface area contributed by atoms with Gasteiger partial charge in [0.1, 0.15) is 16.2 Å². The van der Waals surface area contributed by atoms with Crippen LogP contribution in [0.25, 0.3) is 0 Å². The normalized spacial score (nSPS) is 12.6. The highest BCUT2D eigenvalue weighted by Crippen LogP contribution is 2.23. The minimum Gasteiger partial charge on any atom is -0.388 e. The Labute approximate surface area is 124 Å². The Balaban J connectivity index is 2.88. The molecule has 0 saturated carbocycles. The standard InChI is InChI=1S/C14H24BrN3O/c1-6-14(19,7-2)9-16-11-8-10(15)17-12(18-11)13(3,4)5/h8,19H,6-7,9H2,1-5H3,(H,16,17,18). The fraction of sp³-hybridized carbons (Fsp3) is 0.714. The summed E-state index contributed by atoms with van der Waals surface area (Å²) >= 11 is 3.41. The van der Waals surface area contributed by atoms with Crippen molar-refractivity contribution in [2.24, 2.45) is 0 Å². The van der Waals surface area contributed by atoms with Gasteiger partial charge in [0.25, 0.3) is 0 Å². The molecule has 1 aromatic heterocycles. The van der Waals surface area contributed by atoms with Crippen molar-refractivity contribution in [2.75, 3.05) is 11.9 Å². The first-order chi connectivity index (χ1) is 8.70. The Morgan fingerprint density at radius 3 is 2.26 bits per heavy atom. The average molecular weight is 330 g/mol. The lowest BCUT2D eigenvalue weighted by atomic mass is 9.96. The van der Waals surface area contributed by atoms with Crippen LogP contribution >= 0.6 is 15.9 Å².